The van der Waals surface area contributed by atoms with Crippen molar-refractivity contribution in [3.63, 3.8) is 0 Å². The van der Waals surface area contributed by atoms with Gasteiger partial charge in [-0.15, -0.1) is 0 Å². The van der Waals surface area contributed by atoms with E-state index in [0.29, 0.717) is 44.0 Å². The van der Waals surface area contributed by atoms with Crippen molar-refractivity contribution >= 4 is 29.7 Å². The first-order chi connectivity index (χ1) is 22.5. The molecule has 14 heteroatoms. The molecule has 2 fully saturated rings. The van der Waals surface area contributed by atoms with E-state index < -0.39 is 29.2 Å². The predicted octanol–water partition coefficient (Wildman–Crippen LogP) is 2.20. The molecule has 0 saturated carbocycles. The molecule has 262 valence electrons. The number of anilines is 2. The number of aromatic hydroxyl groups is 1. The summed E-state index contributed by atoms with van der Waals surface area (Å²) in [6.45, 7) is 17.1. The predicted molar refractivity (Wildman–Crippen MR) is 181 cm³/mol. The van der Waals surface area contributed by atoms with Crippen molar-refractivity contribution in [2.75, 3.05) is 56.0 Å². The minimum atomic E-state index is -1.17. The standard InChI is InChI=1S/C34H50N8O6/c1-21(2)39-10-12-40(13-11-39)31-37-27(15-29(38-31)36-25-19-41(20-25)22(3)43)30(46)35-17-28(45)34(7)16-23-8-9-26(44)14-24(23)18-42(34)32(47)48-33(4,5)6/h8-9,14-15,21,25,28,44-45H,10-13,16-20H2,1-7H3,(H,35,46)(H,36,37,38)/t28-,34-/m1/s1. The van der Waals surface area contributed by atoms with Crippen molar-refractivity contribution < 1.29 is 29.3 Å². The van der Waals surface area contributed by atoms with Crippen LogP contribution in [0, 0.1) is 0 Å². The number of nitrogens with zero attached hydrogens (tertiary/aromatic N) is 6. The lowest BCUT2D eigenvalue weighted by molar-refractivity contribution is -0.132. The molecule has 3 aliphatic rings. The van der Waals surface area contributed by atoms with E-state index in [1.165, 1.54) is 11.8 Å². The Morgan fingerprint density at radius 3 is 2.38 bits per heavy atom. The highest BCUT2D eigenvalue weighted by Crippen LogP contribution is 2.36. The van der Waals surface area contributed by atoms with Crippen LogP contribution in [-0.4, -0.2) is 128 Å². The Bertz CT molecular complexity index is 1520. The summed E-state index contributed by atoms with van der Waals surface area (Å²) in [5, 5.41) is 27.9. The van der Waals surface area contributed by atoms with Crippen LogP contribution in [0.3, 0.4) is 0 Å². The highest BCUT2D eigenvalue weighted by molar-refractivity contribution is 5.93. The van der Waals surface area contributed by atoms with Crippen molar-refractivity contribution in [2.24, 2.45) is 0 Å². The fraction of sp³-hybridized carbons (Fsp3) is 0.618. The number of benzene rings is 1. The van der Waals surface area contributed by atoms with Gasteiger partial charge >= 0.3 is 6.09 Å². The Hall–Kier alpha value is -4.17. The van der Waals surface area contributed by atoms with Crippen LogP contribution in [0.2, 0.25) is 0 Å². The summed E-state index contributed by atoms with van der Waals surface area (Å²) in [6, 6.07) is 7.00. The SMILES string of the molecule is CC(=O)N1CC(Nc2cc(C(=O)NC[C@@H](O)[C@@]3(C)Cc4ccc(O)cc4CN3C(=O)OC(C)(C)C)nc(N3CCN(C(C)C)CC3)n2)C1. The molecule has 1 aromatic carbocycles. The molecular formula is C34H50N8O6. The molecule has 14 nitrogen and oxygen atoms in total. The van der Waals surface area contributed by atoms with Gasteiger partial charge in [-0.05, 0) is 71.2 Å². The molecule has 5 rings (SSSR count). The fourth-order valence-electron chi connectivity index (χ4n) is 6.39. The number of hydrogen-bond donors (Lipinski definition) is 4. The van der Waals surface area contributed by atoms with E-state index in [0.717, 1.165) is 24.2 Å². The zero-order valence-corrected chi connectivity index (χ0v) is 29.1. The molecule has 2 aromatic rings. The number of aliphatic hydroxyl groups excluding tert-OH is 1. The number of carbonyl (C=O) groups is 3. The van der Waals surface area contributed by atoms with Crippen LogP contribution in [0.5, 0.6) is 5.75 Å². The molecule has 48 heavy (non-hydrogen) atoms. The minimum absolute atomic E-state index is 0.00190. The Labute approximate surface area is 282 Å². The van der Waals surface area contributed by atoms with Crippen LogP contribution >= 0.6 is 0 Å². The fourth-order valence-corrected chi connectivity index (χ4v) is 6.39. The number of piperazine rings is 1. The number of nitrogens with one attached hydrogen (secondary N) is 2. The Morgan fingerprint density at radius 2 is 1.75 bits per heavy atom. The molecule has 0 bridgehead atoms. The number of phenolic OH excluding ortho intramolecular Hbond substituents is 1. The summed E-state index contributed by atoms with van der Waals surface area (Å²) in [5.41, 5.74) is -0.115. The van der Waals surface area contributed by atoms with Crippen molar-refractivity contribution in [2.45, 2.75) is 90.8 Å². The van der Waals surface area contributed by atoms with Gasteiger partial charge in [0.15, 0.2) is 0 Å². The van der Waals surface area contributed by atoms with Gasteiger partial charge in [-0.3, -0.25) is 19.4 Å². The van der Waals surface area contributed by atoms with E-state index >= 15 is 0 Å². The lowest BCUT2D eigenvalue weighted by Gasteiger charge is -2.48. The molecular weight excluding hydrogens is 616 g/mol. The molecule has 0 spiro atoms. The number of hydrogen-bond acceptors (Lipinski definition) is 11. The van der Waals surface area contributed by atoms with Crippen molar-refractivity contribution in [1.29, 1.82) is 0 Å². The maximum Gasteiger partial charge on any atom is 0.411 e. The maximum absolute atomic E-state index is 13.7. The number of carbonyl (C=O) groups excluding carboxylic acids is 3. The van der Waals surface area contributed by atoms with E-state index in [9.17, 15) is 24.6 Å². The second-order valence-electron chi connectivity index (χ2n) is 14.6. The van der Waals surface area contributed by atoms with Crippen LogP contribution in [0.25, 0.3) is 0 Å². The lowest BCUT2D eigenvalue weighted by Crippen LogP contribution is -2.63. The average Bonchev–Trinajstić information content (AvgIpc) is 2.99. The van der Waals surface area contributed by atoms with Gasteiger partial charge in [0.2, 0.25) is 11.9 Å². The van der Waals surface area contributed by atoms with Gasteiger partial charge in [0.25, 0.3) is 5.91 Å². The summed E-state index contributed by atoms with van der Waals surface area (Å²) in [6.07, 6.45) is -1.49. The average molecular weight is 667 g/mol. The normalized spacial score (nSPS) is 21.0. The summed E-state index contributed by atoms with van der Waals surface area (Å²) in [7, 11) is 0. The molecule has 3 aliphatic heterocycles. The summed E-state index contributed by atoms with van der Waals surface area (Å²) in [4.78, 5) is 55.8. The Kier molecular flexibility index (Phi) is 10.1. The number of likely N-dealkylation sites (tertiary alicyclic amines) is 1. The number of aliphatic hydroxyl groups is 1. The van der Waals surface area contributed by atoms with E-state index in [2.05, 4.69) is 39.3 Å². The zero-order chi connectivity index (χ0) is 35.0. The number of rotatable bonds is 8. The highest BCUT2D eigenvalue weighted by Gasteiger charge is 2.46. The quantitative estimate of drug-likeness (QED) is 0.327. The van der Waals surface area contributed by atoms with Crippen molar-refractivity contribution in [3.8, 4) is 5.75 Å². The monoisotopic (exact) mass is 666 g/mol. The third-order valence-corrected chi connectivity index (χ3v) is 9.42. The number of amides is 3. The van der Waals surface area contributed by atoms with Crippen molar-refractivity contribution in [1.82, 2.24) is 30.0 Å². The Morgan fingerprint density at radius 1 is 1.06 bits per heavy atom. The molecule has 0 aliphatic carbocycles. The molecule has 0 unspecified atom stereocenters. The summed E-state index contributed by atoms with van der Waals surface area (Å²) >= 11 is 0. The van der Waals surface area contributed by atoms with Crippen LogP contribution in [-0.2, 0) is 22.5 Å². The van der Waals surface area contributed by atoms with E-state index in [-0.39, 0.29) is 42.9 Å². The van der Waals surface area contributed by atoms with E-state index in [4.69, 9.17) is 9.72 Å². The van der Waals surface area contributed by atoms with E-state index in [1.54, 1.807) is 56.9 Å². The first-order valence-electron chi connectivity index (χ1n) is 16.7. The lowest BCUT2D eigenvalue weighted by atomic mass is 9.80. The number of fused-ring (bicyclic) bond motifs is 1. The van der Waals surface area contributed by atoms with Crippen LogP contribution in [0.4, 0.5) is 16.6 Å². The first-order valence-corrected chi connectivity index (χ1v) is 16.7. The van der Waals surface area contributed by atoms with Crippen LogP contribution < -0.4 is 15.5 Å². The molecule has 1 aromatic heterocycles. The second kappa shape index (κ2) is 13.7. The molecule has 2 atom stereocenters. The molecule has 4 heterocycles. The van der Waals surface area contributed by atoms with Gasteiger partial charge < -0.3 is 35.4 Å². The van der Waals surface area contributed by atoms with Crippen molar-refractivity contribution in [3.05, 3.63) is 41.1 Å². The van der Waals surface area contributed by atoms with Gasteiger partial charge in [0.1, 0.15) is 22.9 Å². The summed E-state index contributed by atoms with van der Waals surface area (Å²) < 4.78 is 5.70. The molecule has 4 N–H and O–H groups in total. The number of phenols is 1. The van der Waals surface area contributed by atoms with Gasteiger partial charge in [0.05, 0.1) is 24.2 Å². The first kappa shape index (κ1) is 35.1. The third-order valence-electron chi connectivity index (χ3n) is 9.42. The summed E-state index contributed by atoms with van der Waals surface area (Å²) in [5.74, 6) is 0.529. The van der Waals surface area contributed by atoms with Gasteiger partial charge in [0, 0.05) is 64.8 Å². The molecule has 3 amide bonds. The van der Waals surface area contributed by atoms with E-state index in [1.807, 2.05) is 0 Å². The Balaban J connectivity index is 1.34. The van der Waals surface area contributed by atoms with Gasteiger partial charge in [-0.25, -0.2) is 9.78 Å². The number of aromatic nitrogens is 2. The van der Waals surface area contributed by atoms with Crippen LogP contribution in [0.1, 0.15) is 70.1 Å². The van der Waals surface area contributed by atoms with Crippen LogP contribution in [0.15, 0.2) is 24.3 Å². The van der Waals surface area contributed by atoms with Gasteiger partial charge in [-0.2, -0.15) is 4.98 Å². The highest BCUT2D eigenvalue weighted by atomic mass is 16.6. The largest absolute Gasteiger partial charge is 0.508 e. The second-order valence-corrected chi connectivity index (χ2v) is 14.6. The zero-order valence-electron chi connectivity index (χ0n) is 29.1. The van der Waals surface area contributed by atoms with Gasteiger partial charge in [-0.1, -0.05) is 6.07 Å². The number of ether oxygens (including phenoxy) is 1. The topological polar surface area (TPSA) is 164 Å². The maximum atomic E-state index is 13.7. The third kappa shape index (κ3) is 7.92. The molecule has 0 radical (unpaired) electrons. The minimum Gasteiger partial charge on any atom is -0.508 e. The molecule has 2 saturated heterocycles. The smallest absolute Gasteiger partial charge is 0.411 e.